The van der Waals surface area contributed by atoms with Crippen LogP contribution in [0.25, 0.3) is 0 Å². The molecule has 1 aliphatic rings. The molecule has 146 valence electrons. The van der Waals surface area contributed by atoms with Gasteiger partial charge in [-0.05, 0) is 24.3 Å². The summed E-state index contributed by atoms with van der Waals surface area (Å²) < 4.78 is 62.8. The Bertz CT molecular complexity index is 937. The number of hydrogen-bond donors (Lipinski definition) is 0. The summed E-state index contributed by atoms with van der Waals surface area (Å²) in [5.74, 6) is -2.36. The number of carbonyl (C=O) groups excluding carboxylic acids is 1. The molecule has 1 aliphatic heterocycles. The first-order valence-corrected chi connectivity index (χ1v) is 9.59. The molecule has 0 spiro atoms. The summed E-state index contributed by atoms with van der Waals surface area (Å²) in [6.45, 7) is 1.47. The van der Waals surface area contributed by atoms with Crippen LogP contribution in [0.3, 0.4) is 0 Å². The van der Waals surface area contributed by atoms with Crippen LogP contribution in [0.4, 0.5) is 8.78 Å². The van der Waals surface area contributed by atoms with Crippen LogP contribution in [0, 0.1) is 11.6 Å². The highest BCUT2D eigenvalue weighted by molar-refractivity contribution is 7.89. The zero-order chi connectivity index (χ0) is 19.6. The van der Waals surface area contributed by atoms with E-state index < -0.39 is 27.6 Å². The Labute approximate surface area is 155 Å². The lowest BCUT2D eigenvalue weighted by Crippen LogP contribution is -2.48. The zero-order valence-electron chi connectivity index (χ0n) is 14.5. The van der Waals surface area contributed by atoms with E-state index in [2.05, 4.69) is 0 Å². The van der Waals surface area contributed by atoms with Gasteiger partial charge >= 0.3 is 5.97 Å². The lowest BCUT2D eigenvalue weighted by molar-refractivity contribution is 0.0595. The van der Waals surface area contributed by atoms with E-state index in [1.807, 2.05) is 4.90 Å². The fraction of sp³-hybridized carbons (Fsp3) is 0.353. The maximum absolute atomic E-state index is 13.4. The van der Waals surface area contributed by atoms with Crippen LogP contribution in [0.15, 0.2) is 39.8 Å². The third-order valence-electron chi connectivity index (χ3n) is 4.38. The number of hydrogen-bond acceptors (Lipinski definition) is 6. The number of ether oxygens (including phenoxy) is 1. The second-order valence-corrected chi connectivity index (χ2v) is 7.94. The van der Waals surface area contributed by atoms with Crippen molar-refractivity contribution in [3.8, 4) is 0 Å². The molecule has 0 N–H and O–H groups in total. The minimum absolute atomic E-state index is 0.176. The van der Waals surface area contributed by atoms with E-state index in [4.69, 9.17) is 9.15 Å². The van der Waals surface area contributed by atoms with Gasteiger partial charge in [0.15, 0.2) is 11.6 Å². The molecule has 10 heteroatoms. The Morgan fingerprint density at radius 3 is 2.48 bits per heavy atom. The van der Waals surface area contributed by atoms with Gasteiger partial charge in [-0.2, -0.15) is 4.31 Å². The van der Waals surface area contributed by atoms with Crippen molar-refractivity contribution in [2.24, 2.45) is 0 Å². The van der Waals surface area contributed by atoms with Gasteiger partial charge in [0.1, 0.15) is 11.3 Å². The van der Waals surface area contributed by atoms with Gasteiger partial charge in [0.05, 0.1) is 24.8 Å². The topological polar surface area (TPSA) is 80.1 Å². The Kier molecular flexibility index (Phi) is 5.59. The van der Waals surface area contributed by atoms with Gasteiger partial charge in [0.25, 0.3) is 0 Å². The molecule has 0 radical (unpaired) electrons. The van der Waals surface area contributed by atoms with Gasteiger partial charge in [-0.15, -0.1) is 0 Å². The maximum Gasteiger partial charge on any atom is 0.341 e. The van der Waals surface area contributed by atoms with E-state index in [1.54, 1.807) is 0 Å². The van der Waals surface area contributed by atoms with Crippen LogP contribution in [-0.4, -0.2) is 56.9 Å². The van der Waals surface area contributed by atoms with Crippen molar-refractivity contribution in [2.75, 3.05) is 33.3 Å². The molecule has 2 heterocycles. The second-order valence-electron chi connectivity index (χ2n) is 6.01. The Morgan fingerprint density at radius 2 is 1.85 bits per heavy atom. The molecule has 3 rings (SSSR count). The summed E-state index contributed by atoms with van der Waals surface area (Å²) in [6, 6.07) is 4.04. The third-order valence-corrected chi connectivity index (χ3v) is 6.27. The van der Waals surface area contributed by atoms with Gasteiger partial charge in [-0.1, -0.05) is 0 Å². The lowest BCUT2D eigenvalue weighted by atomic mass is 10.2. The number of carbonyl (C=O) groups is 1. The van der Waals surface area contributed by atoms with Crippen LogP contribution in [0.2, 0.25) is 0 Å². The molecule has 1 saturated heterocycles. The summed E-state index contributed by atoms with van der Waals surface area (Å²) in [7, 11) is -2.63. The van der Waals surface area contributed by atoms with Gasteiger partial charge in [0.2, 0.25) is 10.0 Å². The minimum Gasteiger partial charge on any atom is -0.467 e. The number of sulfonamides is 1. The fourth-order valence-electron chi connectivity index (χ4n) is 2.87. The maximum atomic E-state index is 13.4. The summed E-state index contributed by atoms with van der Waals surface area (Å²) in [5.41, 5.74) is 0.328. The normalized spacial score (nSPS) is 16.4. The van der Waals surface area contributed by atoms with Gasteiger partial charge in [-0.3, -0.25) is 4.90 Å². The lowest BCUT2D eigenvalue weighted by Gasteiger charge is -2.33. The fourth-order valence-corrected chi connectivity index (χ4v) is 4.31. The molecule has 0 atom stereocenters. The summed E-state index contributed by atoms with van der Waals surface area (Å²) in [4.78, 5) is 13.3. The zero-order valence-corrected chi connectivity index (χ0v) is 15.3. The Balaban J connectivity index is 1.66. The smallest absolute Gasteiger partial charge is 0.341 e. The number of rotatable bonds is 5. The highest BCUT2D eigenvalue weighted by atomic mass is 32.2. The van der Waals surface area contributed by atoms with Crippen molar-refractivity contribution >= 4 is 16.0 Å². The van der Waals surface area contributed by atoms with Crippen molar-refractivity contribution in [1.29, 1.82) is 0 Å². The van der Waals surface area contributed by atoms with Crippen molar-refractivity contribution in [3.63, 3.8) is 0 Å². The number of esters is 1. The van der Waals surface area contributed by atoms with Crippen LogP contribution in [-0.2, 0) is 21.3 Å². The number of benzene rings is 1. The minimum atomic E-state index is -3.91. The largest absolute Gasteiger partial charge is 0.467 e. The third kappa shape index (κ3) is 4.02. The van der Waals surface area contributed by atoms with Gasteiger partial charge < -0.3 is 9.15 Å². The molecule has 0 aliphatic carbocycles. The molecule has 0 saturated carbocycles. The first-order chi connectivity index (χ1) is 12.8. The van der Waals surface area contributed by atoms with Crippen molar-refractivity contribution in [1.82, 2.24) is 9.21 Å². The van der Waals surface area contributed by atoms with Crippen molar-refractivity contribution in [3.05, 3.63) is 53.5 Å². The summed E-state index contributed by atoms with van der Waals surface area (Å²) >= 11 is 0. The van der Waals surface area contributed by atoms with E-state index in [0.29, 0.717) is 37.0 Å². The van der Waals surface area contributed by atoms with Crippen molar-refractivity contribution < 1.29 is 31.1 Å². The SMILES string of the molecule is COC(=O)c1ccoc1CN1CCN(S(=O)(=O)c2ccc(F)c(F)c2)CC1. The molecule has 0 bridgehead atoms. The van der Waals surface area contributed by atoms with Crippen LogP contribution >= 0.6 is 0 Å². The molecule has 2 aromatic rings. The molecular weight excluding hydrogens is 382 g/mol. The second kappa shape index (κ2) is 7.75. The predicted molar refractivity (Wildman–Crippen MR) is 90.4 cm³/mol. The number of piperazine rings is 1. The van der Waals surface area contributed by atoms with Crippen LogP contribution < -0.4 is 0 Å². The van der Waals surface area contributed by atoms with Crippen molar-refractivity contribution in [2.45, 2.75) is 11.4 Å². The Morgan fingerprint density at radius 1 is 1.15 bits per heavy atom. The summed E-state index contributed by atoms with van der Waals surface area (Å²) in [6.07, 6.45) is 1.39. The van der Waals surface area contributed by atoms with Crippen LogP contribution in [0.5, 0.6) is 0 Å². The molecule has 0 unspecified atom stereocenters. The number of methoxy groups -OCH3 is 1. The number of nitrogens with zero attached hydrogens (tertiary/aromatic N) is 2. The van der Waals surface area contributed by atoms with E-state index in [-0.39, 0.29) is 18.0 Å². The first kappa shape index (κ1) is 19.5. The first-order valence-electron chi connectivity index (χ1n) is 8.15. The van der Waals surface area contributed by atoms with E-state index >= 15 is 0 Å². The van der Waals surface area contributed by atoms with E-state index in [0.717, 1.165) is 12.1 Å². The molecule has 1 fully saturated rings. The molecule has 27 heavy (non-hydrogen) atoms. The quantitative estimate of drug-likeness (QED) is 0.713. The highest BCUT2D eigenvalue weighted by Gasteiger charge is 2.30. The van der Waals surface area contributed by atoms with E-state index in [9.17, 15) is 22.0 Å². The highest BCUT2D eigenvalue weighted by Crippen LogP contribution is 2.21. The average molecular weight is 400 g/mol. The summed E-state index contributed by atoms with van der Waals surface area (Å²) in [5, 5.41) is 0. The molecule has 1 aromatic carbocycles. The Hall–Kier alpha value is -2.30. The number of furan rings is 1. The number of halogens is 2. The molecule has 0 amide bonds. The monoisotopic (exact) mass is 400 g/mol. The van der Waals surface area contributed by atoms with E-state index in [1.165, 1.54) is 23.7 Å². The van der Waals surface area contributed by atoms with Gasteiger partial charge in [-0.25, -0.2) is 22.0 Å². The van der Waals surface area contributed by atoms with Crippen LogP contribution in [0.1, 0.15) is 16.1 Å². The molecule has 1 aromatic heterocycles. The average Bonchev–Trinajstić information content (AvgIpc) is 3.11. The predicted octanol–water partition coefficient (Wildman–Crippen LogP) is 1.85. The van der Waals surface area contributed by atoms with Gasteiger partial charge in [0, 0.05) is 26.2 Å². The molecule has 7 nitrogen and oxygen atoms in total. The molecular formula is C17H18F2N2O5S. The standard InChI is InChI=1S/C17H18F2N2O5S/c1-25-17(22)13-4-9-26-16(13)11-20-5-7-21(8-6-20)27(23,24)12-2-3-14(18)15(19)10-12/h2-4,9-10H,5-8,11H2,1H3.